The van der Waals surface area contributed by atoms with Crippen molar-refractivity contribution >= 4 is 27.3 Å². The van der Waals surface area contributed by atoms with Crippen LogP contribution < -0.4 is 0 Å². The first-order chi connectivity index (χ1) is 12.8. The molecule has 0 aliphatic carbocycles. The number of hydrogen-bond donors (Lipinski definition) is 0. The fourth-order valence-electron chi connectivity index (χ4n) is 3.43. The highest BCUT2D eigenvalue weighted by atomic mass is 32.2. The summed E-state index contributed by atoms with van der Waals surface area (Å²) in [4.78, 5) is 15.8. The molecule has 1 amide bonds. The Morgan fingerprint density at radius 1 is 1.22 bits per heavy atom. The van der Waals surface area contributed by atoms with Crippen LogP contribution in [-0.4, -0.2) is 43.2 Å². The third kappa shape index (κ3) is 4.10. The van der Waals surface area contributed by atoms with E-state index in [1.165, 1.54) is 0 Å². The molecule has 1 saturated heterocycles. The predicted molar refractivity (Wildman–Crippen MR) is 108 cm³/mol. The van der Waals surface area contributed by atoms with E-state index in [0.717, 1.165) is 24.1 Å². The summed E-state index contributed by atoms with van der Waals surface area (Å²) in [5.41, 5.74) is 0.492. The van der Waals surface area contributed by atoms with Crippen LogP contribution in [0.5, 0.6) is 0 Å². The molecule has 0 bridgehead atoms. The summed E-state index contributed by atoms with van der Waals surface area (Å²) in [6.07, 6.45) is 2.85. The summed E-state index contributed by atoms with van der Waals surface area (Å²) >= 11 is 1.62. The summed E-state index contributed by atoms with van der Waals surface area (Å²) in [7, 11) is -1.75. The molecule has 1 aliphatic heterocycles. The second-order valence-electron chi connectivity index (χ2n) is 7.09. The SMILES string of the molecule is CC(c1cccs1)N(C)C(=O)c1ccc(S(=O)(=O)N2CCCCC2C)cc1. The monoisotopic (exact) mass is 406 g/mol. The lowest BCUT2D eigenvalue weighted by Gasteiger charge is -2.32. The molecule has 2 aromatic rings. The van der Waals surface area contributed by atoms with Gasteiger partial charge in [0.2, 0.25) is 10.0 Å². The van der Waals surface area contributed by atoms with Crippen molar-refractivity contribution in [2.24, 2.45) is 0 Å². The van der Waals surface area contributed by atoms with Gasteiger partial charge in [0.25, 0.3) is 5.91 Å². The van der Waals surface area contributed by atoms with Crippen LogP contribution in [0.4, 0.5) is 0 Å². The molecule has 0 N–H and O–H groups in total. The van der Waals surface area contributed by atoms with Crippen LogP contribution in [-0.2, 0) is 10.0 Å². The Kier molecular flexibility index (Phi) is 6.03. The second-order valence-corrected chi connectivity index (χ2v) is 9.96. The maximum Gasteiger partial charge on any atom is 0.254 e. The number of hydrogen-bond acceptors (Lipinski definition) is 4. The van der Waals surface area contributed by atoms with Crippen molar-refractivity contribution < 1.29 is 13.2 Å². The van der Waals surface area contributed by atoms with Crippen LogP contribution in [0.3, 0.4) is 0 Å². The first-order valence-corrected chi connectivity index (χ1v) is 11.6. The van der Waals surface area contributed by atoms with Crippen LogP contribution >= 0.6 is 11.3 Å². The van der Waals surface area contributed by atoms with E-state index in [1.807, 2.05) is 31.4 Å². The molecule has 1 aliphatic rings. The van der Waals surface area contributed by atoms with Crippen molar-refractivity contribution in [3.8, 4) is 0 Å². The first kappa shape index (κ1) is 20.0. The van der Waals surface area contributed by atoms with Gasteiger partial charge < -0.3 is 4.90 Å². The summed E-state index contributed by atoms with van der Waals surface area (Å²) in [5.74, 6) is -0.119. The number of carbonyl (C=O) groups excluding carboxylic acids is 1. The van der Waals surface area contributed by atoms with Crippen molar-refractivity contribution in [2.45, 2.75) is 50.1 Å². The zero-order valence-corrected chi connectivity index (χ0v) is 17.6. The van der Waals surface area contributed by atoms with Crippen molar-refractivity contribution in [2.75, 3.05) is 13.6 Å². The Bertz CT molecular complexity index is 876. The average molecular weight is 407 g/mol. The van der Waals surface area contributed by atoms with Gasteiger partial charge in [0.05, 0.1) is 10.9 Å². The summed E-state index contributed by atoms with van der Waals surface area (Å²) in [6, 6.07) is 10.3. The van der Waals surface area contributed by atoms with Gasteiger partial charge in [-0.15, -0.1) is 11.3 Å². The van der Waals surface area contributed by atoms with Crippen LogP contribution in [0.1, 0.15) is 54.4 Å². The summed E-state index contributed by atoms with van der Waals surface area (Å²) < 4.78 is 27.4. The quantitative estimate of drug-likeness (QED) is 0.750. The lowest BCUT2D eigenvalue weighted by molar-refractivity contribution is 0.0745. The fourth-order valence-corrected chi connectivity index (χ4v) is 5.96. The molecule has 2 atom stereocenters. The molecular weight excluding hydrogens is 380 g/mol. The highest BCUT2D eigenvalue weighted by molar-refractivity contribution is 7.89. The van der Waals surface area contributed by atoms with E-state index in [1.54, 1.807) is 51.9 Å². The highest BCUT2D eigenvalue weighted by Crippen LogP contribution is 2.27. The molecule has 0 saturated carbocycles. The molecule has 1 aromatic heterocycles. The number of nitrogens with zero attached hydrogens (tertiary/aromatic N) is 2. The van der Waals surface area contributed by atoms with E-state index < -0.39 is 10.0 Å². The fraction of sp³-hybridized carbons (Fsp3) is 0.450. The maximum atomic E-state index is 12.9. The number of piperidine rings is 1. The van der Waals surface area contributed by atoms with E-state index in [0.29, 0.717) is 12.1 Å². The summed E-state index contributed by atoms with van der Waals surface area (Å²) in [5, 5.41) is 1.99. The van der Waals surface area contributed by atoms with Gasteiger partial charge in [0, 0.05) is 30.1 Å². The van der Waals surface area contributed by atoms with E-state index >= 15 is 0 Å². The van der Waals surface area contributed by atoms with Gasteiger partial charge in [0.1, 0.15) is 0 Å². The smallest absolute Gasteiger partial charge is 0.254 e. The maximum absolute atomic E-state index is 12.9. The van der Waals surface area contributed by atoms with E-state index in [4.69, 9.17) is 0 Å². The molecule has 7 heteroatoms. The van der Waals surface area contributed by atoms with E-state index in [2.05, 4.69) is 0 Å². The number of carbonyl (C=O) groups is 1. The molecule has 1 fully saturated rings. The molecule has 27 heavy (non-hydrogen) atoms. The topological polar surface area (TPSA) is 57.7 Å². The van der Waals surface area contributed by atoms with Gasteiger partial charge in [0.15, 0.2) is 0 Å². The Hall–Kier alpha value is -1.70. The van der Waals surface area contributed by atoms with Gasteiger partial charge in [-0.25, -0.2) is 8.42 Å². The van der Waals surface area contributed by atoms with Crippen molar-refractivity contribution in [1.29, 1.82) is 0 Å². The van der Waals surface area contributed by atoms with Crippen LogP contribution in [0.2, 0.25) is 0 Å². The minimum Gasteiger partial charge on any atom is -0.334 e. The van der Waals surface area contributed by atoms with E-state index in [-0.39, 0.29) is 22.9 Å². The molecule has 2 unspecified atom stereocenters. The molecule has 5 nitrogen and oxygen atoms in total. The standard InChI is InChI=1S/C20H26N2O3S2/c1-15-7-4-5-13-22(15)27(24,25)18-11-9-17(10-12-18)20(23)21(3)16(2)19-8-6-14-26-19/h6,8-12,14-16H,4-5,7,13H2,1-3H3. The second kappa shape index (κ2) is 8.12. The molecule has 0 spiro atoms. The lowest BCUT2D eigenvalue weighted by Crippen LogP contribution is -2.41. The predicted octanol–water partition coefficient (Wildman–Crippen LogP) is 4.14. The van der Waals surface area contributed by atoms with Gasteiger partial charge in [-0.3, -0.25) is 4.79 Å². The first-order valence-electron chi connectivity index (χ1n) is 9.25. The Morgan fingerprint density at radius 3 is 2.52 bits per heavy atom. The normalized spacial score (nSPS) is 19.6. The van der Waals surface area contributed by atoms with Crippen molar-refractivity contribution in [3.63, 3.8) is 0 Å². The van der Waals surface area contributed by atoms with E-state index in [9.17, 15) is 13.2 Å². The Morgan fingerprint density at radius 2 is 1.93 bits per heavy atom. The lowest BCUT2D eigenvalue weighted by atomic mass is 10.1. The van der Waals surface area contributed by atoms with Gasteiger partial charge in [-0.05, 0) is 62.4 Å². The van der Waals surface area contributed by atoms with Crippen LogP contribution in [0.15, 0.2) is 46.7 Å². The summed E-state index contributed by atoms with van der Waals surface area (Å²) in [6.45, 7) is 4.50. The highest BCUT2D eigenvalue weighted by Gasteiger charge is 2.31. The zero-order chi connectivity index (χ0) is 19.6. The molecule has 1 aromatic carbocycles. The number of sulfonamides is 1. The van der Waals surface area contributed by atoms with Crippen LogP contribution in [0.25, 0.3) is 0 Å². The van der Waals surface area contributed by atoms with Gasteiger partial charge >= 0.3 is 0 Å². The minimum absolute atomic E-state index is 0.0165. The largest absolute Gasteiger partial charge is 0.334 e. The zero-order valence-electron chi connectivity index (χ0n) is 16.0. The molecule has 3 rings (SSSR count). The Labute approximate surface area is 165 Å². The average Bonchev–Trinajstić information content (AvgIpc) is 3.21. The number of thiophene rings is 1. The third-order valence-electron chi connectivity index (χ3n) is 5.31. The Balaban J connectivity index is 1.77. The van der Waals surface area contributed by atoms with Crippen LogP contribution in [0, 0.1) is 0 Å². The molecule has 146 valence electrons. The molecule has 0 radical (unpaired) electrons. The number of benzene rings is 1. The molecule has 2 heterocycles. The van der Waals surface area contributed by atoms with Gasteiger partial charge in [-0.2, -0.15) is 4.31 Å². The number of amides is 1. The number of rotatable bonds is 5. The van der Waals surface area contributed by atoms with Crippen molar-refractivity contribution in [3.05, 3.63) is 52.2 Å². The van der Waals surface area contributed by atoms with Crippen molar-refractivity contribution in [1.82, 2.24) is 9.21 Å². The molecular formula is C20H26N2O3S2. The third-order valence-corrected chi connectivity index (χ3v) is 8.38. The van der Waals surface area contributed by atoms with Gasteiger partial charge in [-0.1, -0.05) is 12.5 Å². The minimum atomic E-state index is -3.52.